The Bertz CT molecular complexity index is 234. The number of rotatable bonds is 9. The van der Waals surface area contributed by atoms with Crippen molar-refractivity contribution in [1.29, 1.82) is 0 Å². The van der Waals surface area contributed by atoms with E-state index in [1.165, 1.54) is 0 Å². The van der Waals surface area contributed by atoms with Gasteiger partial charge < -0.3 is 21.1 Å². The van der Waals surface area contributed by atoms with E-state index in [1.807, 2.05) is 6.92 Å². The van der Waals surface area contributed by atoms with E-state index in [-0.39, 0.29) is 24.3 Å². The molecule has 0 fully saturated rings. The molecule has 0 aliphatic rings. The number of carbonyl (C=O) groups excluding carboxylic acids is 2. The molecule has 1 atom stereocenters. The van der Waals surface area contributed by atoms with Gasteiger partial charge in [0.25, 0.3) is 0 Å². The fourth-order valence-electron chi connectivity index (χ4n) is 1.15. The zero-order chi connectivity index (χ0) is 13.1. The van der Waals surface area contributed by atoms with E-state index in [1.54, 1.807) is 7.11 Å². The van der Waals surface area contributed by atoms with E-state index >= 15 is 0 Å². The van der Waals surface area contributed by atoms with Crippen molar-refractivity contribution in [3.63, 3.8) is 0 Å². The molecule has 17 heavy (non-hydrogen) atoms. The zero-order valence-corrected chi connectivity index (χ0v) is 10.6. The van der Waals surface area contributed by atoms with Gasteiger partial charge in [-0.05, 0) is 6.42 Å². The molecule has 0 aliphatic heterocycles. The van der Waals surface area contributed by atoms with Gasteiger partial charge in [0.1, 0.15) is 0 Å². The molecule has 2 amide bonds. The van der Waals surface area contributed by atoms with Crippen molar-refractivity contribution in [3.05, 3.63) is 0 Å². The van der Waals surface area contributed by atoms with Gasteiger partial charge in [-0.1, -0.05) is 6.92 Å². The van der Waals surface area contributed by atoms with Crippen molar-refractivity contribution in [3.8, 4) is 0 Å². The average Bonchev–Trinajstić information content (AvgIpc) is 2.29. The standard InChI is InChI=1S/C11H23N3O3/c1-3-9(12)8-11(16)13-5-4-10(15)14-6-7-17-2/h9H,3-8,12H2,1-2H3,(H,13,16)(H,14,15). The SMILES string of the molecule is CCC(N)CC(=O)NCCC(=O)NCCOC. The third-order valence-electron chi connectivity index (χ3n) is 2.27. The summed E-state index contributed by atoms with van der Waals surface area (Å²) >= 11 is 0. The highest BCUT2D eigenvalue weighted by atomic mass is 16.5. The monoisotopic (exact) mass is 245 g/mol. The normalized spacial score (nSPS) is 11.9. The first-order valence-electron chi connectivity index (χ1n) is 5.88. The summed E-state index contributed by atoms with van der Waals surface area (Å²) in [4.78, 5) is 22.5. The van der Waals surface area contributed by atoms with Crippen LogP contribution in [0.25, 0.3) is 0 Å². The summed E-state index contributed by atoms with van der Waals surface area (Å²) in [6.45, 7) is 3.25. The number of nitrogens with two attached hydrogens (primary N) is 1. The number of carbonyl (C=O) groups is 2. The summed E-state index contributed by atoms with van der Waals surface area (Å²) in [5.74, 6) is -0.203. The first kappa shape index (κ1) is 15.9. The van der Waals surface area contributed by atoms with Crippen LogP contribution in [0, 0.1) is 0 Å². The molecule has 0 bridgehead atoms. The van der Waals surface area contributed by atoms with Crippen LogP contribution in [0.2, 0.25) is 0 Å². The van der Waals surface area contributed by atoms with Crippen molar-refractivity contribution >= 4 is 11.8 Å². The molecule has 0 saturated heterocycles. The first-order valence-corrected chi connectivity index (χ1v) is 5.88. The summed E-state index contributed by atoms with van der Waals surface area (Å²) in [5, 5.41) is 5.33. The van der Waals surface area contributed by atoms with Crippen LogP contribution in [0.5, 0.6) is 0 Å². The van der Waals surface area contributed by atoms with Gasteiger partial charge in [0.15, 0.2) is 0 Å². The van der Waals surface area contributed by atoms with Crippen LogP contribution in [-0.4, -0.2) is 44.7 Å². The molecular weight excluding hydrogens is 222 g/mol. The lowest BCUT2D eigenvalue weighted by Crippen LogP contribution is -2.34. The minimum absolute atomic E-state index is 0.0952. The molecule has 1 unspecified atom stereocenters. The van der Waals surface area contributed by atoms with Crippen LogP contribution >= 0.6 is 0 Å². The fourth-order valence-corrected chi connectivity index (χ4v) is 1.15. The van der Waals surface area contributed by atoms with Gasteiger partial charge in [0.05, 0.1) is 6.61 Å². The second-order valence-electron chi connectivity index (χ2n) is 3.82. The van der Waals surface area contributed by atoms with Gasteiger partial charge in [0, 0.05) is 39.1 Å². The quantitative estimate of drug-likeness (QED) is 0.472. The maximum absolute atomic E-state index is 11.3. The highest BCUT2D eigenvalue weighted by Gasteiger charge is 2.07. The van der Waals surface area contributed by atoms with Gasteiger partial charge in [-0.15, -0.1) is 0 Å². The summed E-state index contributed by atoms with van der Waals surface area (Å²) in [5.41, 5.74) is 5.63. The van der Waals surface area contributed by atoms with E-state index in [0.29, 0.717) is 26.1 Å². The Balaban J connectivity index is 3.49. The molecule has 0 saturated carbocycles. The summed E-state index contributed by atoms with van der Waals surface area (Å²) in [7, 11) is 1.57. The van der Waals surface area contributed by atoms with Gasteiger partial charge in [0.2, 0.25) is 11.8 Å². The Hall–Kier alpha value is -1.14. The number of methoxy groups -OCH3 is 1. The number of hydrogen-bond donors (Lipinski definition) is 3. The molecule has 6 nitrogen and oxygen atoms in total. The molecule has 0 radical (unpaired) electrons. The summed E-state index contributed by atoms with van der Waals surface area (Å²) < 4.78 is 4.79. The Morgan fingerprint density at radius 3 is 2.47 bits per heavy atom. The number of ether oxygens (including phenoxy) is 1. The van der Waals surface area contributed by atoms with Crippen molar-refractivity contribution in [2.75, 3.05) is 26.8 Å². The topological polar surface area (TPSA) is 93.5 Å². The van der Waals surface area contributed by atoms with Crippen LogP contribution in [0.3, 0.4) is 0 Å². The minimum atomic E-state index is -0.107. The van der Waals surface area contributed by atoms with Crippen molar-refractivity contribution in [2.24, 2.45) is 5.73 Å². The molecule has 0 rings (SSSR count). The third-order valence-corrected chi connectivity index (χ3v) is 2.27. The van der Waals surface area contributed by atoms with Crippen molar-refractivity contribution in [1.82, 2.24) is 10.6 Å². The Morgan fingerprint density at radius 1 is 1.24 bits per heavy atom. The maximum Gasteiger partial charge on any atom is 0.221 e. The molecule has 4 N–H and O–H groups in total. The second kappa shape index (κ2) is 10.0. The minimum Gasteiger partial charge on any atom is -0.383 e. The lowest BCUT2D eigenvalue weighted by molar-refractivity contribution is -0.122. The predicted molar refractivity (Wildman–Crippen MR) is 65.4 cm³/mol. The Morgan fingerprint density at radius 2 is 1.88 bits per heavy atom. The van der Waals surface area contributed by atoms with Gasteiger partial charge in [-0.3, -0.25) is 9.59 Å². The van der Waals surface area contributed by atoms with Crippen LogP contribution in [0.4, 0.5) is 0 Å². The van der Waals surface area contributed by atoms with E-state index < -0.39 is 0 Å². The van der Waals surface area contributed by atoms with E-state index in [9.17, 15) is 9.59 Å². The zero-order valence-electron chi connectivity index (χ0n) is 10.6. The highest BCUT2D eigenvalue weighted by molar-refractivity contribution is 5.79. The van der Waals surface area contributed by atoms with Crippen LogP contribution in [-0.2, 0) is 14.3 Å². The molecule has 0 aromatic carbocycles. The van der Waals surface area contributed by atoms with Crippen LogP contribution < -0.4 is 16.4 Å². The average molecular weight is 245 g/mol. The maximum atomic E-state index is 11.3. The molecule has 100 valence electrons. The largest absolute Gasteiger partial charge is 0.383 e. The van der Waals surface area contributed by atoms with Crippen LogP contribution in [0.15, 0.2) is 0 Å². The highest BCUT2D eigenvalue weighted by Crippen LogP contribution is 1.92. The molecule has 0 aromatic rings. The number of amides is 2. The molecule has 0 spiro atoms. The van der Waals surface area contributed by atoms with Crippen molar-refractivity contribution < 1.29 is 14.3 Å². The Labute approximate surface area is 102 Å². The van der Waals surface area contributed by atoms with E-state index in [2.05, 4.69) is 10.6 Å². The number of hydrogen-bond acceptors (Lipinski definition) is 4. The van der Waals surface area contributed by atoms with Crippen molar-refractivity contribution in [2.45, 2.75) is 32.2 Å². The van der Waals surface area contributed by atoms with Gasteiger partial charge >= 0.3 is 0 Å². The van der Waals surface area contributed by atoms with E-state index in [4.69, 9.17) is 10.5 Å². The molecule has 6 heteroatoms. The second-order valence-corrected chi connectivity index (χ2v) is 3.82. The molecule has 0 aromatic heterocycles. The van der Waals surface area contributed by atoms with Crippen LogP contribution in [0.1, 0.15) is 26.2 Å². The molecule has 0 heterocycles. The van der Waals surface area contributed by atoms with Gasteiger partial charge in [-0.25, -0.2) is 0 Å². The number of nitrogens with one attached hydrogen (secondary N) is 2. The smallest absolute Gasteiger partial charge is 0.221 e. The lowest BCUT2D eigenvalue weighted by Gasteiger charge is -2.09. The molecular formula is C11H23N3O3. The lowest BCUT2D eigenvalue weighted by atomic mass is 10.1. The molecule has 0 aliphatic carbocycles. The Kier molecular flexibility index (Phi) is 9.37. The predicted octanol–water partition coefficient (Wildman–Crippen LogP) is -0.617. The first-order chi connectivity index (χ1) is 8.10. The van der Waals surface area contributed by atoms with Gasteiger partial charge in [-0.2, -0.15) is 0 Å². The third kappa shape index (κ3) is 9.77. The summed E-state index contributed by atoms with van der Waals surface area (Å²) in [6, 6.07) is -0.106. The fraction of sp³-hybridized carbons (Fsp3) is 0.818. The van der Waals surface area contributed by atoms with E-state index in [0.717, 1.165) is 6.42 Å². The summed E-state index contributed by atoms with van der Waals surface area (Å²) in [6.07, 6.45) is 1.35.